The third kappa shape index (κ3) is 12.3. The Morgan fingerprint density at radius 2 is 1.08 bits per heavy atom. The van der Waals surface area contributed by atoms with Gasteiger partial charge in [0.2, 0.25) is 0 Å². The van der Waals surface area contributed by atoms with Crippen molar-refractivity contribution in [1.82, 2.24) is 5.32 Å². The van der Waals surface area contributed by atoms with Gasteiger partial charge in [0.25, 0.3) is 5.91 Å². The number of benzene rings is 2. The van der Waals surface area contributed by atoms with Gasteiger partial charge < -0.3 is 25.0 Å². The van der Waals surface area contributed by atoms with Crippen molar-refractivity contribution in [1.29, 1.82) is 0 Å². The predicted octanol–water partition coefficient (Wildman–Crippen LogP) is 5.08. The van der Waals surface area contributed by atoms with E-state index in [1.54, 1.807) is 28.0 Å². The van der Waals surface area contributed by atoms with Crippen LogP contribution in [0.5, 0.6) is 0 Å². The van der Waals surface area contributed by atoms with Crippen molar-refractivity contribution in [3.8, 4) is 0 Å². The van der Waals surface area contributed by atoms with Crippen LogP contribution in [-0.2, 0) is 0 Å². The third-order valence-electron chi connectivity index (χ3n) is 11.1. The molecule has 2 fully saturated rings. The zero-order valence-corrected chi connectivity index (χ0v) is 31.9. The molecule has 0 aliphatic heterocycles. The van der Waals surface area contributed by atoms with Crippen LogP contribution in [0.3, 0.4) is 0 Å². The number of aryl methyl sites for hydroxylation is 1. The Labute approximate surface area is 292 Å². The van der Waals surface area contributed by atoms with Crippen LogP contribution in [-0.4, -0.2) is 63.0 Å². The number of quaternary nitrogens is 2. The van der Waals surface area contributed by atoms with Crippen molar-refractivity contribution in [2.75, 3.05) is 39.3 Å². The standard InChI is InChI=1S/C29H37NO4.2C6H15N/c1-17-4-9-20(10-5-17)16-25(31)22-14-15-23(28(32)30-21-11-6-18(2)7-12-21)26-19(3)8-13-24(27(22)26)29(33)34;2*1-4-7(5-2)6-3/h8,13-15,17-18,20-21H,4-7,9-12,16H2,1-3H3,(H,30,32)(H,33,34);2*4-6H2,1-3H3/p+1. The van der Waals surface area contributed by atoms with E-state index in [9.17, 15) is 19.5 Å². The Balaban J connectivity index is 0.000000479. The molecule has 2 saturated carbocycles. The van der Waals surface area contributed by atoms with Crippen LogP contribution in [0.25, 0.3) is 10.8 Å². The molecule has 0 spiro atoms. The lowest BCUT2D eigenvalue weighted by molar-refractivity contribution is -0.894. The molecule has 2 aromatic rings. The molecule has 48 heavy (non-hydrogen) atoms. The summed E-state index contributed by atoms with van der Waals surface area (Å²) in [7, 11) is 0. The number of aromatic carboxylic acids is 1. The molecule has 270 valence electrons. The molecule has 4 rings (SSSR count). The van der Waals surface area contributed by atoms with E-state index in [-0.39, 0.29) is 23.3 Å². The van der Waals surface area contributed by atoms with Crippen molar-refractivity contribution in [2.45, 2.75) is 126 Å². The lowest BCUT2D eigenvalue weighted by atomic mass is 9.79. The lowest BCUT2D eigenvalue weighted by Gasteiger charge is -2.27. The number of nitrogens with one attached hydrogen (secondary N) is 3. The summed E-state index contributed by atoms with van der Waals surface area (Å²) in [4.78, 5) is 42.1. The van der Waals surface area contributed by atoms with E-state index in [1.807, 2.05) is 6.92 Å². The molecule has 2 aliphatic rings. The normalized spacial score (nSPS) is 20.8. The minimum Gasteiger partial charge on any atom is -0.545 e. The van der Waals surface area contributed by atoms with E-state index < -0.39 is 5.97 Å². The number of fused-ring (bicyclic) bond motifs is 1. The predicted molar refractivity (Wildman–Crippen MR) is 197 cm³/mol. The van der Waals surface area contributed by atoms with Gasteiger partial charge in [0.1, 0.15) is 0 Å². The van der Waals surface area contributed by atoms with E-state index in [4.69, 9.17) is 0 Å². The molecule has 0 saturated heterocycles. The molecule has 0 aromatic heterocycles. The van der Waals surface area contributed by atoms with Crippen molar-refractivity contribution in [3.05, 3.63) is 46.5 Å². The largest absolute Gasteiger partial charge is 0.545 e. The molecule has 0 radical (unpaired) electrons. The summed E-state index contributed by atoms with van der Waals surface area (Å²) in [6.07, 6.45) is 8.79. The van der Waals surface area contributed by atoms with Crippen molar-refractivity contribution < 1.29 is 29.3 Å². The zero-order valence-electron chi connectivity index (χ0n) is 31.9. The number of ketones is 1. The molecule has 7 heteroatoms. The SMILES string of the molecule is CC[NH+](CC)CC.CC[NH+](CC)CC.Cc1ccc(C(=O)[O-])c2c(C(=O)CC3CCC(C)CC3)ccc(C(=O)NC3CCC(C)CC3)c12. The van der Waals surface area contributed by atoms with E-state index in [0.29, 0.717) is 46.1 Å². The molecule has 0 atom stereocenters. The number of hydrogen-bond acceptors (Lipinski definition) is 4. The van der Waals surface area contributed by atoms with Crippen LogP contribution >= 0.6 is 0 Å². The average Bonchev–Trinajstić information content (AvgIpc) is 3.08. The third-order valence-corrected chi connectivity index (χ3v) is 11.1. The van der Waals surface area contributed by atoms with E-state index in [1.165, 1.54) is 45.3 Å². The fourth-order valence-corrected chi connectivity index (χ4v) is 7.33. The first-order valence-corrected chi connectivity index (χ1v) is 19.2. The van der Waals surface area contributed by atoms with Crippen LogP contribution in [0.15, 0.2) is 24.3 Å². The van der Waals surface area contributed by atoms with E-state index in [2.05, 4.69) is 60.7 Å². The maximum atomic E-state index is 13.4. The van der Waals surface area contributed by atoms with E-state index in [0.717, 1.165) is 56.9 Å². The molecular weight excluding hydrogens is 598 g/mol. The van der Waals surface area contributed by atoms with Crippen LogP contribution in [0.1, 0.15) is 150 Å². The first-order valence-electron chi connectivity index (χ1n) is 19.2. The molecule has 0 bridgehead atoms. The second kappa shape index (κ2) is 21.3. The molecule has 0 heterocycles. The second-order valence-corrected chi connectivity index (χ2v) is 14.4. The Bertz CT molecular complexity index is 1260. The van der Waals surface area contributed by atoms with Crippen molar-refractivity contribution in [3.63, 3.8) is 0 Å². The number of carbonyl (C=O) groups is 3. The van der Waals surface area contributed by atoms with Gasteiger partial charge in [0.15, 0.2) is 5.78 Å². The Kier molecular flexibility index (Phi) is 18.4. The average molecular weight is 667 g/mol. The van der Waals surface area contributed by atoms with Crippen LogP contribution in [0.2, 0.25) is 0 Å². The number of amides is 1. The van der Waals surface area contributed by atoms with Crippen molar-refractivity contribution in [2.24, 2.45) is 17.8 Å². The van der Waals surface area contributed by atoms with Gasteiger partial charge in [-0.15, -0.1) is 0 Å². The molecule has 1 amide bonds. The second-order valence-electron chi connectivity index (χ2n) is 14.4. The Morgan fingerprint density at radius 3 is 1.52 bits per heavy atom. The molecule has 0 unspecified atom stereocenters. The summed E-state index contributed by atoms with van der Waals surface area (Å²) in [6.45, 7) is 27.3. The molecule has 2 aromatic carbocycles. The Morgan fingerprint density at radius 1 is 0.646 bits per heavy atom. The van der Waals surface area contributed by atoms with Gasteiger partial charge in [0.05, 0.1) is 45.2 Å². The number of rotatable bonds is 12. The molecule has 3 N–H and O–H groups in total. The van der Waals surface area contributed by atoms with Gasteiger partial charge in [0, 0.05) is 34.5 Å². The molecule has 7 nitrogen and oxygen atoms in total. The number of carboxylic acids is 1. The van der Waals surface area contributed by atoms with Gasteiger partial charge in [-0.2, -0.15) is 0 Å². The zero-order chi connectivity index (χ0) is 35.8. The fraction of sp³-hybridized carbons (Fsp3) is 0.683. The van der Waals surface area contributed by atoms with E-state index >= 15 is 0 Å². The Hall–Kier alpha value is -2.77. The van der Waals surface area contributed by atoms with Crippen LogP contribution in [0.4, 0.5) is 0 Å². The van der Waals surface area contributed by atoms with Gasteiger partial charge >= 0.3 is 0 Å². The smallest absolute Gasteiger partial charge is 0.252 e. The highest BCUT2D eigenvalue weighted by Crippen LogP contribution is 2.35. The summed E-state index contributed by atoms with van der Waals surface area (Å²) < 4.78 is 0. The van der Waals surface area contributed by atoms with Gasteiger partial charge in [-0.25, -0.2) is 0 Å². The quantitative estimate of drug-likeness (QED) is 0.276. The minimum atomic E-state index is -1.33. The summed E-state index contributed by atoms with van der Waals surface area (Å²) in [5.41, 5.74) is 1.57. The number of carbonyl (C=O) groups excluding carboxylic acids is 3. The summed E-state index contributed by atoms with van der Waals surface area (Å²) >= 11 is 0. The van der Waals surface area contributed by atoms with Gasteiger partial charge in [-0.3, -0.25) is 9.59 Å². The maximum Gasteiger partial charge on any atom is 0.252 e. The number of hydrogen-bond donors (Lipinski definition) is 3. The molecular formula is C41H68N3O4+. The topological polar surface area (TPSA) is 95.2 Å². The van der Waals surface area contributed by atoms with Gasteiger partial charge in [-0.1, -0.05) is 38.8 Å². The maximum absolute atomic E-state index is 13.4. The highest BCUT2D eigenvalue weighted by Gasteiger charge is 2.26. The minimum absolute atomic E-state index is 0.0256. The van der Waals surface area contributed by atoms with Crippen LogP contribution in [0, 0.1) is 24.7 Å². The summed E-state index contributed by atoms with van der Waals surface area (Å²) in [6, 6.07) is 6.67. The summed E-state index contributed by atoms with van der Waals surface area (Å²) in [5.74, 6) is 0.120. The molecule has 2 aliphatic carbocycles. The number of Topliss-reactive ketones (excluding diaryl/α,β-unsaturated/α-hetero) is 1. The number of carboxylic acid groups (broad SMARTS) is 1. The first-order chi connectivity index (χ1) is 22.9. The highest BCUT2D eigenvalue weighted by molar-refractivity contribution is 6.20. The fourth-order valence-electron chi connectivity index (χ4n) is 7.33. The van der Waals surface area contributed by atoms with Gasteiger partial charge in [-0.05, 0) is 128 Å². The monoisotopic (exact) mass is 667 g/mol. The van der Waals surface area contributed by atoms with Crippen molar-refractivity contribution >= 4 is 28.4 Å². The first kappa shape index (κ1) is 41.4. The summed E-state index contributed by atoms with van der Waals surface area (Å²) in [5, 5.41) is 16.1. The van der Waals surface area contributed by atoms with Crippen LogP contribution < -0.4 is 20.2 Å². The highest BCUT2D eigenvalue weighted by atomic mass is 16.4. The lowest BCUT2D eigenvalue weighted by Crippen LogP contribution is -3.11.